The Balaban J connectivity index is 1.97. The van der Waals surface area contributed by atoms with Crippen molar-refractivity contribution in [3.05, 3.63) is 24.0 Å². The van der Waals surface area contributed by atoms with Gasteiger partial charge in [-0.15, -0.1) is 0 Å². The maximum Gasteiger partial charge on any atom is 0.298 e. The highest BCUT2D eigenvalue weighted by atomic mass is 19.1. The summed E-state index contributed by atoms with van der Waals surface area (Å²) in [6.45, 7) is 0.910. The summed E-state index contributed by atoms with van der Waals surface area (Å²) < 4.78 is 18.7. The number of aromatic nitrogens is 1. The minimum absolute atomic E-state index is 0.0525. The predicted molar refractivity (Wildman–Crippen MR) is 66.0 cm³/mol. The number of oxazole rings is 1. The average molecular weight is 250 g/mol. The molecule has 0 radical (unpaired) electrons. The number of fused-ring (bicyclic) bond motifs is 1. The number of hydrogen-bond donors (Lipinski definition) is 1. The first-order chi connectivity index (χ1) is 8.78. The van der Waals surface area contributed by atoms with Gasteiger partial charge in [-0.1, -0.05) is 0 Å². The molecule has 1 aromatic carbocycles. The molecule has 0 spiro atoms. The van der Waals surface area contributed by atoms with Gasteiger partial charge < -0.3 is 14.4 Å². The van der Waals surface area contributed by atoms with Crippen molar-refractivity contribution in [3.8, 4) is 0 Å². The van der Waals surface area contributed by atoms with Gasteiger partial charge in [0.25, 0.3) is 6.01 Å². The molecule has 0 aliphatic carbocycles. The van der Waals surface area contributed by atoms with Crippen LogP contribution in [0.25, 0.3) is 11.1 Å². The Bertz CT molecular complexity index is 555. The first kappa shape index (κ1) is 11.5. The number of halogens is 1. The molecule has 96 valence electrons. The van der Waals surface area contributed by atoms with Crippen LogP contribution in [-0.2, 0) is 0 Å². The van der Waals surface area contributed by atoms with Gasteiger partial charge in [0.2, 0.25) is 0 Å². The fraction of sp³-hybridized carbons (Fsp3) is 0.462. The lowest BCUT2D eigenvalue weighted by Crippen LogP contribution is -2.42. The van der Waals surface area contributed by atoms with Crippen LogP contribution in [0.2, 0.25) is 0 Å². The topological polar surface area (TPSA) is 49.5 Å². The molecule has 3 rings (SSSR count). The molecule has 0 saturated carbocycles. The van der Waals surface area contributed by atoms with Crippen LogP contribution >= 0.6 is 0 Å². The van der Waals surface area contributed by atoms with Crippen LogP contribution in [0.5, 0.6) is 0 Å². The number of nitrogens with zero attached hydrogens (tertiary/aromatic N) is 2. The molecule has 2 aromatic rings. The first-order valence-corrected chi connectivity index (χ1v) is 6.21. The first-order valence-electron chi connectivity index (χ1n) is 6.21. The molecule has 1 aliphatic rings. The van der Waals surface area contributed by atoms with Crippen molar-refractivity contribution in [3.63, 3.8) is 0 Å². The number of anilines is 1. The largest absolute Gasteiger partial charge is 0.423 e. The highest BCUT2D eigenvalue weighted by Crippen LogP contribution is 2.27. The fourth-order valence-electron chi connectivity index (χ4n) is 2.45. The lowest BCUT2D eigenvalue weighted by molar-refractivity contribution is 0.235. The molecule has 18 heavy (non-hydrogen) atoms. The Morgan fingerprint density at radius 2 is 2.33 bits per heavy atom. The summed E-state index contributed by atoms with van der Waals surface area (Å²) in [4.78, 5) is 6.33. The minimum Gasteiger partial charge on any atom is -0.423 e. The Kier molecular flexibility index (Phi) is 2.91. The van der Waals surface area contributed by atoms with E-state index in [-0.39, 0.29) is 18.5 Å². The molecule has 1 fully saturated rings. The minimum atomic E-state index is -0.331. The maximum absolute atomic E-state index is 13.1. The summed E-state index contributed by atoms with van der Waals surface area (Å²) in [5.41, 5.74) is 1.10. The molecule has 5 heteroatoms. The van der Waals surface area contributed by atoms with Gasteiger partial charge in [-0.25, -0.2) is 4.39 Å². The predicted octanol–water partition coefficient (Wildman–Crippen LogP) is 2.32. The van der Waals surface area contributed by atoms with E-state index in [4.69, 9.17) is 4.42 Å². The molecule has 0 bridgehead atoms. The highest BCUT2D eigenvalue weighted by Gasteiger charge is 2.25. The third-order valence-corrected chi connectivity index (χ3v) is 3.42. The quantitative estimate of drug-likeness (QED) is 0.888. The molecule has 0 amide bonds. The molecular formula is C13H15FN2O2. The van der Waals surface area contributed by atoms with Crippen LogP contribution in [0, 0.1) is 5.82 Å². The summed E-state index contributed by atoms with van der Waals surface area (Å²) in [5.74, 6) is -0.331. The molecule has 4 nitrogen and oxygen atoms in total. The summed E-state index contributed by atoms with van der Waals surface area (Å²) >= 11 is 0. The van der Waals surface area contributed by atoms with Crippen LogP contribution in [0.15, 0.2) is 22.6 Å². The van der Waals surface area contributed by atoms with E-state index < -0.39 is 0 Å². The number of aliphatic hydroxyl groups excluding tert-OH is 1. The van der Waals surface area contributed by atoms with Crippen molar-refractivity contribution >= 4 is 17.1 Å². The second-order valence-electron chi connectivity index (χ2n) is 4.63. The molecule has 1 atom stereocenters. The fourth-order valence-corrected chi connectivity index (χ4v) is 2.45. The van der Waals surface area contributed by atoms with E-state index in [2.05, 4.69) is 4.98 Å². The number of aliphatic hydroxyl groups is 1. The van der Waals surface area contributed by atoms with Crippen LogP contribution < -0.4 is 4.90 Å². The Morgan fingerprint density at radius 1 is 1.44 bits per heavy atom. The van der Waals surface area contributed by atoms with Crippen LogP contribution in [0.4, 0.5) is 10.4 Å². The lowest BCUT2D eigenvalue weighted by atomic mass is 10.0. The highest BCUT2D eigenvalue weighted by molar-refractivity contribution is 5.74. The Morgan fingerprint density at radius 3 is 3.17 bits per heavy atom. The van der Waals surface area contributed by atoms with Crippen LogP contribution in [-0.4, -0.2) is 29.3 Å². The Labute approximate surface area is 104 Å². The molecule has 1 aromatic heterocycles. The van der Waals surface area contributed by atoms with Gasteiger partial charge in [0, 0.05) is 12.6 Å². The van der Waals surface area contributed by atoms with Gasteiger partial charge in [-0.3, -0.25) is 0 Å². The van der Waals surface area contributed by atoms with Crippen molar-refractivity contribution < 1.29 is 13.9 Å². The van der Waals surface area contributed by atoms with Crippen LogP contribution in [0.1, 0.15) is 19.3 Å². The van der Waals surface area contributed by atoms with Crippen molar-refractivity contribution in [2.24, 2.45) is 0 Å². The van der Waals surface area contributed by atoms with E-state index in [9.17, 15) is 9.50 Å². The van der Waals surface area contributed by atoms with E-state index >= 15 is 0 Å². The van der Waals surface area contributed by atoms with Gasteiger partial charge in [-0.2, -0.15) is 4.98 Å². The van der Waals surface area contributed by atoms with Crippen molar-refractivity contribution in [1.82, 2.24) is 4.98 Å². The van der Waals surface area contributed by atoms with Crippen molar-refractivity contribution in [1.29, 1.82) is 0 Å². The molecule has 1 N–H and O–H groups in total. The third-order valence-electron chi connectivity index (χ3n) is 3.42. The molecule has 2 heterocycles. The molecule has 1 saturated heterocycles. The molecule has 1 aliphatic heterocycles. The number of hydrogen-bond acceptors (Lipinski definition) is 4. The smallest absolute Gasteiger partial charge is 0.298 e. The number of benzene rings is 1. The number of piperidine rings is 1. The van der Waals surface area contributed by atoms with Gasteiger partial charge in [0.05, 0.1) is 12.6 Å². The van der Waals surface area contributed by atoms with Gasteiger partial charge in [-0.05, 0) is 31.4 Å². The van der Waals surface area contributed by atoms with E-state index in [0.29, 0.717) is 17.1 Å². The number of rotatable bonds is 2. The SMILES string of the molecule is OCC1CCCCN1c1nc2ccc(F)cc2o1. The normalized spacial score (nSPS) is 20.6. The van der Waals surface area contributed by atoms with E-state index in [1.807, 2.05) is 4.90 Å². The van der Waals surface area contributed by atoms with Gasteiger partial charge >= 0.3 is 0 Å². The summed E-state index contributed by atoms with van der Waals surface area (Å²) in [5, 5.41) is 9.37. The lowest BCUT2D eigenvalue weighted by Gasteiger charge is -2.33. The van der Waals surface area contributed by atoms with E-state index in [1.165, 1.54) is 12.1 Å². The summed E-state index contributed by atoms with van der Waals surface area (Å²) in [7, 11) is 0. The molecule has 1 unspecified atom stereocenters. The second-order valence-corrected chi connectivity index (χ2v) is 4.63. The van der Waals surface area contributed by atoms with Gasteiger partial charge in [0.15, 0.2) is 5.58 Å². The standard InChI is InChI=1S/C13H15FN2O2/c14-9-4-5-11-12(7-9)18-13(15-11)16-6-2-1-3-10(16)8-17/h4-5,7,10,17H,1-3,6,8H2. The Hall–Kier alpha value is -1.62. The van der Waals surface area contributed by atoms with Crippen molar-refractivity contribution in [2.45, 2.75) is 25.3 Å². The van der Waals surface area contributed by atoms with Gasteiger partial charge in [0.1, 0.15) is 11.3 Å². The van der Waals surface area contributed by atoms with E-state index in [0.717, 1.165) is 25.8 Å². The van der Waals surface area contributed by atoms with Crippen LogP contribution in [0.3, 0.4) is 0 Å². The zero-order valence-electron chi connectivity index (χ0n) is 9.97. The third kappa shape index (κ3) is 1.95. The average Bonchev–Trinajstić information content (AvgIpc) is 2.81. The maximum atomic E-state index is 13.1. The second kappa shape index (κ2) is 4.57. The zero-order valence-corrected chi connectivity index (χ0v) is 9.97. The summed E-state index contributed by atoms with van der Waals surface area (Å²) in [6, 6.07) is 4.85. The monoisotopic (exact) mass is 250 g/mol. The molecular weight excluding hydrogens is 235 g/mol. The summed E-state index contributed by atoms with van der Waals surface area (Å²) in [6.07, 6.45) is 3.10. The van der Waals surface area contributed by atoms with Crippen molar-refractivity contribution in [2.75, 3.05) is 18.1 Å². The van der Waals surface area contributed by atoms with E-state index in [1.54, 1.807) is 6.07 Å². The zero-order chi connectivity index (χ0) is 12.5.